The summed E-state index contributed by atoms with van der Waals surface area (Å²) in [4.78, 5) is 19.3. The van der Waals surface area contributed by atoms with E-state index in [4.69, 9.17) is 5.73 Å². The molecule has 2 atom stereocenters. The summed E-state index contributed by atoms with van der Waals surface area (Å²) in [7, 11) is 0. The molecule has 0 aliphatic carbocycles. The van der Waals surface area contributed by atoms with E-state index in [9.17, 15) is 4.79 Å². The number of amides is 1. The number of nitrogens with zero attached hydrogens (tertiary/aromatic N) is 2. The summed E-state index contributed by atoms with van der Waals surface area (Å²) < 4.78 is 0. The van der Waals surface area contributed by atoms with E-state index >= 15 is 0 Å². The van der Waals surface area contributed by atoms with Crippen molar-refractivity contribution in [2.75, 3.05) is 18.0 Å². The molecule has 2 rings (SSSR count). The van der Waals surface area contributed by atoms with Crippen molar-refractivity contribution in [3.63, 3.8) is 0 Å². The fraction of sp³-hybridized carbons (Fsp3) is 0.636. The highest BCUT2D eigenvalue weighted by Gasteiger charge is 2.29. The molecule has 6 heteroatoms. The van der Waals surface area contributed by atoms with Gasteiger partial charge in [-0.15, -0.1) is 11.3 Å². The molecule has 17 heavy (non-hydrogen) atoms. The predicted octanol–water partition coefficient (Wildman–Crippen LogP) is 0.878. The molecule has 1 aliphatic rings. The average Bonchev–Trinajstić information content (AvgIpc) is 2.77. The van der Waals surface area contributed by atoms with E-state index in [-0.39, 0.29) is 18.0 Å². The highest BCUT2D eigenvalue weighted by atomic mass is 32.1. The molecule has 1 amide bonds. The van der Waals surface area contributed by atoms with Gasteiger partial charge in [-0.1, -0.05) is 6.92 Å². The summed E-state index contributed by atoms with van der Waals surface area (Å²) in [6.45, 7) is 5.46. The SMILES string of the molecule is CCC1C(=O)NCCN1c1ncc(C(C)N)s1. The Morgan fingerprint density at radius 1 is 1.76 bits per heavy atom. The number of hydrogen-bond acceptors (Lipinski definition) is 5. The number of nitrogens with two attached hydrogens (primary N) is 1. The number of nitrogens with one attached hydrogen (secondary N) is 1. The standard InChI is InChI=1S/C11H18N4OS/c1-3-8-10(16)13-4-5-15(8)11-14-6-9(17-11)7(2)12/h6-8H,3-5,12H2,1-2H3,(H,13,16). The van der Waals surface area contributed by atoms with Gasteiger partial charge in [-0.2, -0.15) is 0 Å². The zero-order valence-electron chi connectivity index (χ0n) is 10.1. The van der Waals surface area contributed by atoms with Crippen LogP contribution in [0.1, 0.15) is 31.2 Å². The van der Waals surface area contributed by atoms with Crippen molar-refractivity contribution >= 4 is 22.4 Å². The zero-order valence-corrected chi connectivity index (χ0v) is 11.0. The Balaban J connectivity index is 2.21. The molecule has 0 aromatic carbocycles. The molecule has 1 aromatic rings. The maximum atomic E-state index is 11.7. The lowest BCUT2D eigenvalue weighted by Gasteiger charge is -2.34. The first kappa shape index (κ1) is 12.3. The fourth-order valence-corrected chi connectivity index (χ4v) is 2.91. The molecule has 1 aliphatic heterocycles. The Bertz CT molecular complexity index is 404. The van der Waals surface area contributed by atoms with Gasteiger partial charge < -0.3 is 16.0 Å². The van der Waals surface area contributed by atoms with Crippen LogP contribution < -0.4 is 16.0 Å². The van der Waals surface area contributed by atoms with Gasteiger partial charge in [0, 0.05) is 30.2 Å². The molecule has 1 saturated heterocycles. The number of aromatic nitrogens is 1. The van der Waals surface area contributed by atoms with Crippen molar-refractivity contribution in [2.24, 2.45) is 5.73 Å². The molecule has 0 bridgehead atoms. The molecular weight excluding hydrogens is 236 g/mol. The minimum Gasteiger partial charge on any atom is -0.353 e. The van der Waals surface area contributed by atoms with Crippen LogP contribution in [0, 0.1) is 0 Å². The lowest BCUT2D eigenvalue weighted by atomic mass is 10.1. The zero-order chi connectivity index (χ0) is 12.4. The van der Waals surface area contributed by atoms with Gasteiger partial charge in [0.15, 0.2) is 5.13 Å². The second-order valence-electron chi connectivity index (χ2n) is 4.24. The molecule has 2 heterocycles. The smallest absolute Gasteiger partial charge is 0.242 e. The summed E-state index contributed by atoms with van der Waals surface area (Å²) in [6, 6.07) is -0.101. The largest absolute Gasteiger partial charge is 0.353 e. The van der Waals surface area contributed by atoms with E-state index in [1.807, 2.05) is 20.0 Å². The van der Waals surface area contributed by atoms with Crippen LogP contribution >= 0.6 is 11.3 Å². The van der Waals surface area contributed by atoms with Crippen LogP contribution in [0.2, 0.25) is 0 Å². The number of thiazole rings is 1. The van der Waals surface area contributed by atoms with Crippen LogP contribution in [-0.2, 0) is 4.79 Å². The molecule has 0 radical (unpaired) electrons. The second kappa shape index (κ2) is 5.01. The van der Waals surface area contributed by atoms with Gasteiger partial charge in [-0.25, -0.2) is 4.98 Å². The highest BCUT2D eigenvalue weighted by molar-refractivity contribution is 7.15. The number of carbonyl (C=O) groups is 1. The van der Waals surface area contributed by atoms with E-state index in [0.29, 0.717) is 6.54 Å². The summed E-state index contributed by atoms with van der Waals surface area (Å²) in [5.74, 6) is 0.0938. The Morgan fingerprint density at radius 2 is 2.53 bits per heavy atom. The summed E-state index contributed by atoms with van der Waals surface area (Å²) >= 11 is 1.58. The monoisotopic (exact) mass is 254 g/mol. The van der Waals surface area contributed by atoms with Crippen LogP contribution in [0.4, 0.5) is 5.13 Å². The van der Waals surface area contributed by atoms with E-state index in [0.717, 1.165) is 23.0 Å². The van der Waals surface area contributed by atoms with E-state index < -0.39 is 0 Å². The van der Waals surface area contributed by atoms with Gasteiger partial charge in [-0.05, 0) is 13.3 Å². The quantitative estimate of drug-likeness (QED) is 0.840. The second-order valence-corrected chi connectivity index (χ2v) is 5.28. The first-order valence-electron chi connectivity index (χ1n) is 5.89. The first-order valence-corrected chi connectivity index (χ1v) is 6.70. The van der Waals surface area contributed by atoms with E-state index in [2.05, 4.69) is 15.2 Å². The molecule has 1 aromatic heterocycles. The van der Waals surface area contributed by atoms with Gasteiger partial charge >= 0.3 is 0 Å². The molecule has 5 nitrogen and oxygen atoms in total. The third kappa shape index (κ3) is 2.42. The van der Waals surface area contributed by atoms with Crippen LogP contribution in [-0.4, -0.2) is 30.0 Å². The summed E-state index contributed by atoms with van der Waals surface area (Å²) in [5.41, 5.74) is 5.82. The van der Waals surface area contributed by atoms with Gasteiger partial charge in [0.1, 0.15) is 6.04 Å². The maximum absolute atomic E-state index is 11.7. The average molecular weight is 254 g/mol. The molecule has 1 fully saturated rings. The minimum atomic E-state index is -0.101. The van der Waals surface area contributed by atoms with Crippen molar-refractivity contribution in [1.29, 1.82) is 0 Å². The Morgan fingerprint density at radius 3 is 3.12 bits per heavy atom. The lowest BCUT2D eigenvalue weighted by molar-refractivity contribution is -0.123. The maximum Gasteiger partial charge on any atom is 0.242 e. The van der Waals surface area contributed by atoms with Crippen LogP contribution in [0.3, 0.4) is 0 Å². The van der Waals surface area contributed by atoms with Gasteiger partial charge in [0.2, 0.25) is 5.91 Å². The van der Waals surface area contributed by atoms with Crippen molar-refractivity contribution in [1.82, 2.24) is 10.3 Å². The van der Waals surface area contributed by atoms with Crippen LogP contribution in [0.25, 0.3) is 0 Å². The lowest BCUT2D eigenvalue weighted by Crippen LogP contribution is -2.55. The van der Waals surface area contributed by atoms with Crippen LogP contribution in [0.15, 0.2) is 6.20 Å². The molecule has 0 saturated carbocycles. The fourth-order valence-electron chi connectivity index (χ4n) is 1.97. The Hall–Kier alpha value is -1.14. The Labute approximate surface area is 105 Å². The Kier molecular flexibility index (Phi) is 3.63. The topological polar surface area (TPSA) is 71.2 Å². The van der Waals surface area contributed by atoms with E-state index in [1.54, 1.807) is 11.3 Å². The molecule has 94 valence electrons. The number of hydrogen-bond donors (Lipinski definition) is 2. The molecule has 2 unspecified atom stereocenters. The third-order valence-electron chi connectivity index (χ3n) is 2.92. The van der Waals surface area contributed by atoms with Crippen molar-refractivity contribution < 1.29 is 4.79 Å². The number of anilines is 1. The van der Waals surface area contributed by atoms with Crippen LogP contribution in [0.5, 0.6) is 0 Å². The predicted molar refractivity (Wildman–Crippen MR) is 69.2 cm³/mol. The summed E-state index contributed by atoms with van der Waals surface area (Å²) in [6.07, 6.45) is 2.60. The number of rotatable bonds is 3. The normalized spacial score (nSPS) is 22.4. The molecular formula is C11H18N4OS. The van der Waals surface area contributed by atoms with Crippen molar-refractivity contribution in [3.05, 3.63) is 11.1 Å². The van der Waals surface area contributed by atoms with Gasteiger partial charge in [0.25, 0.3) is 0 Å². The minimum absolute atomic E-state index is 0.0000522. The molecule has 3 N–H and O–H groups in total. The van der Waals surface area contributed by atoms with Crippen molar-refractivity contribution in [2.45, 2.75) is 32.4 Å². The third-order valence-corrected chi connectivity index (χ3v) is 4.16. The highest BCUT2D eigenvalue weighted by Crippen LogP contribution is 2.28. The number of carbonyl (C=O) groups excluding carboxylic acids is 1. The van der Waals surface area contributed by atoms with E-state index in [1.165, 1.54) is 0 Å². The summed E-state index contributed by atoms with van der Waals surface area (Å²) in [5, 5.41) is 3.79. The van der Waals surface area contributed by atoms with Gasteiger partial charge in [0.05, 0.1) is 0 Å². The van der Waals surface area contributed by atoms with Crippen molar-refractivity contribution in [3.8, 4) is 0 Å². The molecule has 0 spiro atoms. The van der Waals surface area contributed by atoms with Gasteiger partial charge in [-0.3, -0.25) is 4.79 Å². The number of piperazine rings is 1. The first-order chi connectivity index (χ1) is 8.13.